The van der Waals surface area contributed by atoms with Crippen LogP contribution in [0.4, 0.5) is 10.5 Å². The summed E-state index contributed by atoms with van der Waals surface area (Å²) in [6.45, 7) is 0. The lowest BCUT2D eigenvalue weighted by Gasteiger charge is -2.30. The molecule has 0 radical (unpaired) electrons. The maximum Gasteiger partial charge on any atom is 0.411 e. The number of ether oxygens (including phenoxy) is 1. The number of para-hydroxylation sites is 1. The predicted octanol–water partition coefficient (Wildman–Crippen LogP) is 5.02. The van der Waals surface area contributed by atoms with Crippen LogP contribution in [0, 0.1) is 0 Å². The number of anilines is 1. The van der Waals surface area contributed by atoms with E-state index in [0.29, 0.717) is 5.92 Å². The third kappa shape index (κ3) is 3.64. The molecule has 2 atom stereocenters. The topological polar surface area (TPSA) is 38.3 Å². The van der Waals surface area contributed by atoms with Crippen LogP contribution in [0.2, 0.25) is 0 Å². The Hall–Kier alpha value is -1.81. The fraction of sp³-hybridized carbons (Fsp3) is 0.353. The van der Waals surface area contributed by atoms with Gasteiger partial charge in [0.05, 0.1) is 0 Å². The average molecular weight is 301 g/mol. The lowest BCUT2D eigenvalue weighted by atomic mass is 9.85. The van der Waals surface area contributed by atoms with Gasteiger partial charge in [-0.2, -0.15) is 0 Å². The SMILES string of the molecule is O=C(Nc1ccccc1)O[C@H]1CCCC[C@@H]1c1cccs1. The molecule has 1 aromatic carbocycles. The highest BCUT2D eigenvalue weighted by molar-refractivity contribution is 7.10. The molecule has 0 unspecified atom stereocenters. The quantitative estimate of drug-likeness (QED) is 0.864. The second-order valence-corrected chi connectivity index (χ2v) is 6.32. The Kier molecular flexibility index (Phi) is 4.55. The minimum Gasteiger partial charge on any atom is -0.445 e. The highest BCUT2D eigenvalue weighted by atomic mass is 32.1. The molecule has 1 amide bonds. The zero-order chi connectivity index (χ0) is 14.5. The second kappa shape index (κ2) is 6.76. The monoisotopic (exact) mass is 301 g/mol. The van der Waals surface area contributed by atoms with Gasteiger partial charge in [-0.25, -0.2) is 4.79 Å². The van der Waals surface area contributed by atoms with Crippen LogP contribution in [-0.2, 0) is 4.74 Å². The Morgan fingerprint density at radius 3 is 2.67 bits per heavy atom. The smallest absolute Gasteiger partial charge is 0.411 e. The van der Waals surface area contributed by atoms with Crippen molar-refractivity contribution in [3.63, 3.8) is 0 Å². The van der Waals surface area contributed by atoms with E-state index in [-0.39, 0.29) is 12.2 Å². The molecule has 1 aliphatic rings. The van der Waals surface area contributed by atoms with Gasteiger partial charge in [0.2, 0.25) is 0 Å². The fourth-order valence-electron chi connectivity index (χ4n) is 2.87. The lowest BCUT2D eigenvalue weighted by molar-refractivity contribution is 0.0720. The van der Waals surface area contributed by atoms with E-state index >= 15 is 0 Å². The van der Waals surface area contributed by atoms with Gasteiger partial charge in [0.15, 0.2) is 0 Å². The van der Waals surface area contributed by atoms with Gasteiger partial charge in [0, 0.05) is 16.5 Å². The van der Waals surface area contributed by atoms with Gasteiger partial charge >= 0.3 is 6.09 Å². The molecule has 21 heavy (non-hydrogen) atoms. The molecule has 3 nitrogen and oxygen atoms in total. The number of hydrogen-bond acceptors (Lipinski definition) is 3. The van der Waals surface area contributed by atoms with Crippen molar-refractivity contribution >= 4 is 23.1 Å². The zero-order valence-corrected chi connectivity index (χ0v) is 12.6. The minimum atomic E-state index is -0.352. The first-order valence-electron chi connectivity index (χ1n) is 7.39. The number of hydrogen-bond donors (Lipinski definition) is 1. The summed E-state index contributed by atoms with van der Waals surface area (Å²) < 4.78 is 5.69. The number of nitrogens with one attached hydrogen (secondary N) is 1. The molecule has 1 heterocycles. The van der Waals surface area contributed by atoms with Gasteiger partial charge in [0.25, 0.3) is 0 Å². The van der Waals surface area contributed by atoms with Gasteiger partial charge < -0.3 is 4.74 Å². The number of benzene rings is 1. The maximum absolute atomic E-state index is 12.1. The van der Waals surface area contributed by atoms with Crippen molar-refractivity contribution in [2.24, 2.45) is 0 Å². The molecule has 110 valence electrons. The number of thiophene rings is 1. The molecule has 1 N–H and O–H groups in total. The summed E-state index contributed by atoms with van der Waals surface area (Å²) >= 11 is 1.75. The first kappa shape index (κ1) is 14.1. The van der Waals surface area contributed by atoms with Crippen LogP contribution in [-0.4, -0.2) is 12.2 Å². The van der Waals surface area contributed by atoms with Gasteiger partial charge in [-0.05, 0) is 42.8 Å². The molecule has 3 rings (SSSR count). The summed E-state index contributed by atoms with van der Waals surface area (Å²) in [5, 5.41) is 4.89. The van der Waals surface area contributed by atoms with E-state index in [9.17, 15) is 4.79 Å². The number of amides is 1. The first-order chi connectivity index (χ1) is 10.3. The fourth-order valence-corrected chi connectivity index (χ4v) is 3.79. The third-order valence-corrected chi connectivity index (χ3v) is 4.89. The molecule has 1 fully saturated rings. The number of carbonyl (C=O) groups is 1. The van der Waals surface area contributed by atoms with Crippen molar-refractivity contribution in [3.8, 4) is 0 Å². The van der Waals surface area contributed by atoms with Gasteiger partial charge in [0.1, 0.15) is 6.10 Å². The second-order valence-electron chi connectivity index (χ2n) is 5.34. The summed E-state index contributed by atoms with van der Waals surface area (Å²) in [7, 11) is 0. The van der Waals surface area contributed by atoms with Gasteiger partial charge in [-0.15, -0.1) is 11.3 Å². The molecular formula is C17H19NO2S. The molecular weight excluding hydrogens is 282 g/mol. The Morgan fingerprint density at radius 1 is 1.10 bits per heavy atom. The van der Waals surface area contributed by atoms with Crippen molar-refractivity contribution in [1.82, 2.24) is 0 Å². The summed E-state index contributed by atoms with van der Waals surface area (Å²) in [5.74, 6) is 0.347. The predicted molar refractivity (Wildman–Crippen MR) is 85.9 cm³/mol. The summed E-state index contributed by atoms with van der Waals surface area (Å²) in [6, 6.07) is 13.6. The van der Waals surface area contributed by atoms with Crippen LogP contribution in [0.1, 0.15) is 36.5 Å². The van der Waals surface area contributed by atoms with E-state index in [2.05, 4.69) is 22.8 Å². The lowest BCUT2D eigenvalue weighted by Crippen LogP contribution is -2.30. The molecule has 0 aliphatic heterocycles. The number of rotatable bonds is 3. The summed E-state index contributed by atoms with van der Waals surface area (Å²) in [5.41, 5.74) is 0.769. The molecule has 1 saturated carbocycles. The molecule has 1 aliphatic carbocycles. The highest BCUT2D eigenvalue weighted by Gasteiger charge is 2.30. The van der Waals surface area contributed by atoms with Crippen molar-refractivity contribution in [2.75, 3.05) is 5.32 Å². The summed E-state index contributed by atoms with van der Waals surface area (Å²) in [6.07, 6.45) is 4.03. The normalized spacial score (nSPS) is 21.7. The Balaban J connectivity index is 1.63. The Morgan fingerprint density at radius 2 is 1.90 bits per heavy atom. The van der Waals surface area contributed by atoms with E-state index in [1.807, 2.05) is 30.3 Å². The molecule has 4 heteroatoms. The van der Waals surface area contributed by atoms with Gasteiger partial charge in [-0.1, -0.05) is 30.7 Å². The Labute approximate surface area is 129 Å². The molecule has 0 spiro atoms. The minimum absolute atomic E-state index is 0.0129. The molecule has 0 bridgehead atoms. The van der Waals surface area contributed by atoms with Crippen LogP contribution in [0.5, 0.6) is 0 Å². The van der Waals surface area contributed by atoms with Crippen LogP contribution < -0.4 is 5.32 Å². The van der Waals surface area contributed by atoms with E-state index in [0.717, 1.165) is 24.9 Å². The summed E-state index contributed by atoms with van der Waals surface area (Å²) in [4.78, 5) is 13.4. The van der Waals surface area contributed by atoms with Crippen molar-refractivity contribution in [1.29, 1.82) is 0 Å². The largest absolute Gasteiger partial charge is 0.445 e. The van der Waals surface area contributed by atoms with Crippen molar-refractivity contribution in [2.45, 2.75) is 37.7 Å². The highest BCUT2D eigenvalue weighted by Crippen LogP contribution is 2.37. The van der Waals surface area contributed by atoms with Crippen LogP contribution >= 0.6 is 11.3 Å². The van der Waals surface area contributed by atoms with E-state index in [1.165, 1.54) is 11.3 Å². The average Bonchev–Trinajstić information content (AvgIpc) is 3.03. The van der Waals surface area contributed by atoms with Crippen molar-refractivity contribution in [3.05, 3.63) is 52.7 Å². The van der Waals surface area contributed by atoms with Crippen molar-refractivity contribution < 1.29 is 9.53 Å². The number of carbonyl (C=O) groups excluding carboxylic acids is 1. The maximum atomic E-state index is 12.1. The van der Waals surface area contributed by atoms with Crippen LogP contribution in [0.15, 0.2) is 47.8 Å². The van der Waals surface area contributed by atoms with E-state index < -0.39 is 0 Å². The van der Waals surface area contributed by atoms with E-state index in [4.69, 9.17) is 4.74 Å². The molecule has 1 aromatic heterocycles. The van der Waals surface area contributed by atoms with E-state index in [1.54, 1.807) is 11.3 Å². The first-order valence-corrected chi connectivity index (χ1v) is 8.27. The molecule has 2 aromatic rings. The van der Waals surface area contributed by atoms with Gasteiger partial charge in [-0.3, -0.25) is 5.32 Å². The Bertz CT molecular complexity index is 568. The van der Waals surface area contributed by atoms with Crippen LogP contribution in [0.3, 0.4) is 0 Å². The zero-order valence-electron chi connectivity index (χ0n) is 11.8. The standard InChI is InChI=1S/C17H19NO2S/c19-17(18-13-7-2-1-3-8-13)20-15-10-5-4-9-14(15)16-11-6-12-21-16/h1-3,6-8,11-12,14-15H,4-5,9-10H2,(H,18,19)/t14-,15-/m0/s1. The molecule has 0 saturated heterocycles. The van der Waals surface area contributed by atoms with Crippen LogP contribution in [0.25, 0.3) is 0 Å². The third-order valence-electron chi connectivity index (χ3n) is 3.89.